The maximum absolute atomic E-state index is 14.6. The Kier molecular flexibility index (Phi) is 23.4. The topological polar surface area (TPSA) is 345 Å². The van der Waals surface area contributed by atoms with Crippen LogP contribution in [-0.2, 0) is 51.2 Å². The quantitative estimate of drug-likeness (QED) is 0.0496. The molecule has 1 fully saturated rings. The summed E-state index contributed by atoms with van der Waals surface area (Å²) in [6.07, 6.45) is 2.17. The molecule has 1 saturated heterocycles. The van der Waals surface area contributed by atoms with Crippen molar-refractivity contribution in [2.75, 3.05) is 25.1 Å². The molecule has 0 aromatic heterocycles. The van der Waals surface area contributed by atoms with E-state index >= 15 is 0 Å². The highest BCUT2D eigenvalue weighted by Gasteiger charge is 2.41. The van der Waals surface area contributed by atoms with Crippen LogP contribution >= 0.6 is 11.8 Å². The van der Waals surface area contributed by atoms with Gasteiger partial charge in [0.15, 0.2) is 0 Å². The van der Waals surface area contributed by atoms with Gasteiger partial charge in [0.05, 0.1) is 12.1 Å². The first-order valence-corrected chi connectivity index (χ1v) is 24.9. The fourth-order valence-electron chi connectivity index (χ4n) is 7.78. The summed E-state index contributed by atoms with van der Waals surface area (Å²) in [5, 5.41) is 56.1. The number of carboxylic acid groups (broad SMARTS) is 1. The number of carbonyl (C=O) groups is 8. The van der Waals surface area contributed by atoms with Gasteiger partial charge in [0, 0.05) is 19.4 Å². The number of rotatable bonds is 28. The largest absolute Gasteiger partial charge is 0.508 e. The van der Waals surface area contributed by atoms with E-state index in [-0.39, 0.29) is 56.1 Å². The monoisotopic (exact) mass is 1000 g/mol. The van der Waals surface area contributed by atoms with E-state index in [2.05, 4.69) is 31.9 Å². The lowest BCUT2D eigenvalue weighted by Crippen LogP contribution is -2.63. The number of nitrogens with one attached hydrogen (secondary N) is 6. The van der Waals surface area contributed by atoms with Gasteiger partial charge in [-0.05, 0) is 126 Å². The van der Waals surface area contributed by atoms with E-state index in [1.165, 1.54) is 73.8 Å². The molecule has 8 atom stereocenters. The first kappa shape index (κ1) is 58.3. The maximum Gasteiger partial charge on any atom is 0.326 e. The van der Waals surface area contributed by atoms with Crippen molar-refractivity contribution in [2.45, 2.75) is 146 Å². The van der Waals surface area contributed by atoms with Gasteiger partial charge in [-0.25, -0.2) is 4.79 Å². The molecule has 0 bridgehead atoms. The Morgan fingerprint density at radius 3 is 1.83 bits per heavy atom. The number of aliphatic hydroxyl groups is 1. The molecule has 22 heteroatoms. The van der Waals surface area contributed by atoms with Crippen molar-refractivity contribution in [1.29, 1.82) is 0 Å². The lowest BCUT2D eigenvalue weighted by molar-refractivity contribution is -0.144. The van der Waals surface area contributed by atoms with Crippen LogP contribution in [0.1, 0.15) is 90.7 Å². The Labute approximate surface area is 413 Å². The summed E-state index contributed by atoms with van der Waals surface area (Å²) in [4.78, 5) is 110. The number of phenolic OH excluding ortho intramolecular Hbond substituents is 2. The average Bonchev–Trinajstić information content (AvgIpc) is 3.79. The van der Waals surface area contributed by atoms with Crippen LogP contribution in [0.4, 0.5) is 0 Å². The molecule has 1 aliphatic heterocycles. The van der Waals surface area contributed by atoms with E-state index in [0.29, 0.717) is 49.1 Å². The summed E-state index contributed by atoms with van der Waals surface area (Å²) in [5.41, 5.74) is 11.0. The zero-order valence-corrected chi connectivity index (χ0v) is 41.7. The number of aromatic hydroxyl groups is 2. The van der Waals surface area contributed by atoms with E-state index in [9.17, 15) is 58.8 Å². The summed E-state index contributed by atoms with van der Waals surface area (Å²) >= 11 is 1.45. The number of hydrogen-bond acceptors (Lipinski definition) is 14. The number of phenols is 2. The molecular weight excluding hydrogens is 927 g/mol. The Bertz CT molecular complexity index is 2090. The van der Waals surface area contributed by atoms with Crippen molar-refractivity contribution in [3.8, 4) is 11.5 Å². The first-order chi connectivity index (χ1) is 33.0. The highest BCUT2D eigenvalue weighted by molar-refractivity contribution is 7.98. The summed E-state index contributed by atoms with van der Waals surface area (Å²) in [7, 11) is 0. The molecule has 0 aliphatic carbocycles. The summed E-state index contributed by atoms with van der Waals surface area (Å²) in [6.45, 7) is 8.17. The van der Waals surface area contributed by atoms with Crippen LogP contribution < -0.4 is 43.4 Å². The van der Waals surface area contributed by atoms with Crippen molar-refractivity contribution in [3.05, 3.63) is 59.7 Å². The van der Waals surface area contributed by atoms with Crippen molar-refractivity contribution in [2.24, 2.45) is 17.4 Å². The predicted octanol–water partition coefficient (Wildman–Crippen LogP) is -0.0863. The van der Waals surface area contributed by atoms with Crippen LogP contribution in [0.3, 0.4) is 0 Å². The second-order valence-electron chi connectivity index (χ2n) is 18.6. The van der Waals surface area contributed by atoms with E-state index in [0.717, 1.165) is 0 Å². The van der Waals surface area contributed by atoms with Crippen molar-refractivity contribution in [1.82, 2.24) is 36.8 Å². The number of nitrogens with zero attached hydrogens (tertiary/aromatic N) is 1. The smallest absolute Gasteiger partial charge is 0.326 e. The Morgan fingerprint density at radius 2 is 1.30 bits per heavy atom. The van der Waals surface area contributed by atoms with Crippen LogP contribution in [0.2, 0.25) is 0 Å². The van der Waals surface area contributed by atoms with Gasteiger partial charge < -0.3 is 68.7 Å². The number of hydrogen-bond donors (Lipinski definition) is 12. The van der Waals surface area contributed by atoms with Crippen LogP contribution in [0.15, 0.2) is 48.5 Å². The summed E-state index contributed by atoms with van der Waals surface area (Å²) in [5.74, 6) is -6.13. The predicted molar refractivity (Wildman–Crippen MR) is 263 cm³/mol. The number of amides is 7. The molecule has 21 nitrogen and oxygen atoms in total. The Morgan fingerprint density at radius 1 is 0.743 bits per heavy atom. The number of likely N-dealkylation sites (tertiary alicyclic amines) is 1. The van der Waals surface area contributed by atoms with Gasteiger partial charge in [-0.15, -0.1) is 0 Å². The third-order valence-electron chi connectivity index (χ3n) is 11.8. The zero-order chi connectivity index (χ0) is 52.3. The molecule has 2 aromatic carbocycles. The fraction of sp³-hybridized carbons (Fsp3) is 0.583. The van der Waals surface area contributed by atoms with E-state index < -0.39 is 101 Å². The molecule has 14 N–H and O–H groups in total. The first-order valence-electron chi connectivity index (χ1n) is 23.5. The number of thioether (sulfide) groups is 1. The highest BCUT2D eigenvalue weighted by atomic mass is 32.2. The number of aliphatic hydroxyl groups excluding tert-OH is 1. The number of nitrogens with two attached hydrogens (primary N) is 2. The van der Waals surface area contributed by atoms with E-state index in [4.69, 9.17) is 11.5 Å². The van der Waals surface area contributed by atoms with Gasteiger partial charge in [-0.3, -0.25) is 33.6 Å². The molecule has 7 amide bonds. The minimum Gasteiger partial charge on any atom is -0.508 e. The van der Waals surface area contributed by atoms with Crippen molar-refractivity contribution in [3.63, 3.8) is 0 Å². The summed E-state index contributed by atoms with van der Waals surface area (Å²) in [6, 6.07) is 2.93. The normalized spacial score (nSPS) is 16.7. The lowest BCUT2D eigenvalue weighted by Gasteiger charge is -2.32. The average molecular weight is 1000 g/mol. The van der Waals surface area contributed by atoms with E-state index in [1.807, 2.05) is 20.1 Å². The van der Waals surface area contributed by atoms with Gasteiger partial charge in [-0.1, -0.05) is 38.1 Å². The number of carbonyl (C=O) groups excluding carboxylic acids is 7. The van der Waals surface area contributed by atoms with Gasteiger partial charge in [0.25, 0.3) is 0 Å². The molecule has 0 radical (unpaired) electrons. The van der Waals surface area contributed by atoms with Crippen LogP contribution in [-0.4, -0.2) is 152 Å². The second-order valence-corrected chi connectivity index (χ2v) is 19.6. The minimum absolute atomic E-state index is 0.0271. The Hall–Kier alpha value is -5.97. The number of benzene rings is 2. The molecule has 2 aromatic rings. The third-order valence-corrected chi connectivity index (χ3v) is 12.4. The molecule has 0 unspecified atom stereocenters. The third kappa shape index (κ3) is 18.4. The molecule has 388 valence electrons. The molecule has 0 saturated carbocycles. The van der Waals surface area contributed by atoms with Gasteiger partial charge >= 0.3 is 5.97 Å². The van der Waals surface area contributed by atoms with Crippen molar-refractivity contribution >= 4 is 59.1 Å². The van der Waals surface area contributed by atoms with E-state index in [1.54, 1.807) is 12.1 Å². The standard InChI is InChI=1S/C48H73N9O12S/c1-27(2)24-33(50)40(61)51-34(20-23-70-6)41(62)53-37(26-30-14-18-32(60)19-15-30)45(66)57-22-9-11-38(57)43(64)55-39(28(3)58)44(65)52-36(25-29-12-16-31(59)17-13-29)42(63)56-48(4,5)47(69)54-35(46(67)68)10-7-8-21-49/h12-19,27-28,33-39,58-60H,7-11,20-26,49-50H2,1-6H3,(H,51,61)(H,52,65)(H,53,62)(H,54,69)(H,55,64)(H,56,63)(H,67,68)/t28-,33-,34+,35+,36+,37+,38+,39+/m1/s1. The second kappa shape index (κ2) is 28.0. The molecular formula is C48H73N9O12S. The highest BCUT2D eigenvalue weighted by Crippen LogP contribution is 2.22. The molecule has 0 spiro atoms. The van der Waals surface area contributed by atoms with Gasteiger partial charge in [0.1, 0.15) is 53.3 Å². The van der Waals surface area contributed by atoms with Gasteiger partial charge in [0.2, 0.25) is 41.4 Å². The van der Waals surface area contributed by atoms with Gasteiger partial charge in [-0.2, -0.15) is 11.8 Å². The zero-order valence-electron chi connectivity index (χ0n) is 40.9. The van der Waals surface area contributed by atoms with Crippen LogP contribution in [0, 0.1) is 5.92 Å². The van der Waals surface area contributed by atoms with Crippen LogP contribution in [0.25, 0.3) is 0 Å². The lowest BCUT2D eigenvalue weighted by atomic mass is 9.99. The fourth-order valence-corrected chi connectivity index (χ4v) is 8.25. The summed E-state index contributed by atoms with van der Waals surface area (Å²) < 4.78 is 0. The molecule has 1 heterocycles. The molecule has 3 rings (SSSR count). The SMILES string of the molecule is CSCC[C@H](NC(=O)[C@H](N)CC(C)C)C(=O)N[C@@H](Cc1ccc(O)cc1)C(=O)N1CCC[C@H]1C(=O)N[C@H](C(=O)N[C@@H](Cc1ccc(O)cc1)C(=O)NC(C)(C)C(=O)N[C@@H](CCCCN)C(=O)O)[C@@H](C)O. The Balaban J connectivity index is 1.87. The molecule has 1 aliphatic rings. The van der Waals surface area contributed by atoms with Crippen LogP contribution in [0.5, 0.6) is 11.5 Å². The maximum atomic E-state index is 14.6. The number of carboxylic acids is 1. The minimum atomic E-state index is -1.71. The number of unbranched alkanes of at least 4 members (excludes halogenated alkanes) is 1. The van der Waals surface area contributed by atoms with Crippen molar-refractivity contribution < 1.29 is 58.8 Å². The number of aliphatic carboxylic acids is 1. The molecule has 70 heavy (non-hydrogen) atoms.